The SMILES string of the molecule is Cc1ccc(N2CCN(C(=O)c3cc([N+](=O)[O-])ccc3N3CCOCC3)CC2)c(F)c1. The van der Waals surface area contributed by atoms with Crippen molar-refractivity contribution in [2.24, 2.45) is 0 Å². The molecular weight excluding hydrogens is 403 g/mol. The van der Waals surface area contributed by atoms with Crippen molar-refractivity contribution in [2.75, 3.05) is 62.3 Å². The third-order valence-electron chi connectivity index (χ3n) is 5.78. The van der Waals surface area contributed by atoms with E-state index in [-0.39, 0.29) is 17.4 Å². The maximum atomic E-state index is 14.3. The van der Waals surface area contributed by atoms with Gasteiger partial charge in [-0.15, -0.1) is 0 Å². The Balaban J connectivity index is 1.53. The Morgan fingerprint density at radius 2 is 1.61 bits per heavy atom. The summed E-state index contributed by atoms with van der Waals surface area (Å²) in [5.41, 5.74) is 2.29. The zero-order chi connectivity index (χ0) is 22.0. The van der Waals surface area contributed by atoms with E-state index in [0.29, 0.717) is 69.4 Å². The molecule has 2 heterocycles. The monoisotopic (exact) mass is 428 g/mol. The van der Waals surface area contributed by atoms with E-state index < -0.39 is 4.92 Å². The van der Waals surface area contributed by atoms with Gasteiger partial charge in [0.05, 0.1) is 35.1 Å². The summed E-state index contributed by atoms with van der Waals surface area (Å²) in [6, 6.07) is 9.57. The molecule has 0 radical (unpaired) electrons. The van der Waals surface area contributed by atoms with Gasteiger partial charge in [-0.3, -0.25) is 14.9 Å². The zero-order valence-corrected chi connectivity index (χ0v) is 17.4. The first-order valence-electron chi connectivity index (χ1n) is 10.4. The topological polar surface area (TPSA) is 79.2 Å². The number of ether oxygens (including phenoxy) is 1. The van der Waals surface area contributed by atoms with Crippen LogP contribution in [0.15, 0.2) is 36.4 Å². The number of morpholine rings is 1. The van der Waals surface area contributed by atoms with Gasteiger partial charge in [-0.2, -0.15) is 0 Å². The lowest BCUT2D eigenvalue weighted by atomic mass is 10.1. The fourth-order valence-corrected chi connectivity index (χ4v) is 4.08. The first-order chi connectivity index (χ1) is 14.9. The lowest BCUT2D eigenvalue weighted by molar-refractivity contribution is -0.384. The molecule has 164 valence electrons. The molecule has 0 N–H and O–H groups in total. The number of carbonyl (C=O) groups excluding carboxylic acids is 1. The van der Waals surface area contributed by atoms with Crippen molar-refractivity contribution in [1.82, 2.24) is 4.90 Å². The van der Waals surface area contributed by atoms with Crippen LogP contribution < -0.4 is 9.80 Å². The van der Waals surface area contributed by atoms with Crippen molar-refractivity contribution in [3.05, 3.63) is 63.5 Å². The van der Waals surface area contributed by atoms with Crippen molar-refractivity contribution in [1.29, 1.82) is 0 Å². The Labute approximate surface area is 179 Å². The highest BCUT2D eigenvalue weighted by atomic mass is 19.1. The molecule has 2 aliphatic heterocycles. The predicted octanol–water partition coefficient (Wildman–Crippen LogP) is 2.84. The normalized spacial score (nSPS) is 17.0. The molecule has 8 nitrogen and oxygen atoms in total. The Morgan fingerprint density at radius 3 is 2.26 bits per heavy atom. The molecule has 2 aromatic rings. The highest BCUT2D eigenvalue weighted by Crippen LogP contribution is 2.29. The van der Waals surface area contributed by atoms with Crippen LogP contribution in [-0.2, 0) is 4.74 Å². The molecule has 0 atom stereocenters. The van der Waals surface area contributed by atoms with Crippen LogP contribution in [0, 0.1) is 22.9 Å². The van der Waals surface area contributed by atoms with Crippen LogP contribution in [-0.4, -0.2) is 68.2 Å². The van der Waals surface area contributed by atoms with E-state index in [1.807, 2.05) is 22.8 Å². The zero-order valence-electron chi connectivity index (χ0n) is 17.4. The molecular formula is C22H25FN4O4. The summed E-state index contributed by atoms with van der Waals surface area (Å²) in [6.45, 7) is 6.00. The van der Waals surface area contributed by atoms with Gasteiger partial charge in [0.2, 0.25) is 0 Å². The molecule has 0 saturated carbocycles. The first kappa shape index (κ1) is 21.0. The summed E-state index contributed by atoms with van der Waals surface area (Å²) in [4.78, 5) is 29.8. The number of amides is 1. The van der Waals surface area contributed by atoms with Gasteiger partial charge in [-0.25, -0.2) is 4.39 Å². The molecule has 2 aliphatic rings. The maximum absolute atomic E-state index is 14.3. The molecule has 2 saturated heterocycles. The number of rotatable bonds is 4. The number of nitrogens with zero attached hydrogens (tertiary/aromatic N) is 4. The van der Waals surface area contributed by atoms with Crippen LogP contribution in [0.3, 0.4) is 0 Å². The van der Waals surface area contributed by atoms with Gasteiger partial charge in [0.25, 0.3) is 11.6 Å². The van der Waals surface area contributed by atoms with Gasteiger partial charge < -0.3 is 19.4 Å². The Hall–Kier alpha value is -3.20. The number of piperazine rings is 1. The fourth-order valence-electron chi connectivity index (χ4n) is 4.08. The molecule has 9 heteroatoms. The van der Waals surface area contributed by atoms with Crippen molar-refractivity contribution in [3.8, 4) is 0 Å². The average Bonchev–Trinajstić information content (AvgIpc) is 2.79. The van der Waals surface area contributed by atoms with Gasteiger partial charge >= 0.3 is 0 Å². The van der Waals surface area contributed by atoms with Crippen LogP contribution in [0.25, 0.3) is 0 Å². The lowest BCUT2D eigenvalue weighted by Crippen LogP contribution is -2.49. The average molecular weight is 428 g/mol. The summed E-state index contributed by atoms with van der Waals surface area (Å²) in [5.74, 6) is -0.512. The van der Waals surface area contributed by atoms with Crippen LogP contribution in [0.4, 0.5) is 21.5 Å². The molecule has 0 aromatic heterocycles. The standard InChI is InChI=1S/C22H25FN4O4/c1-16-2-4-21(19(23)14-16)24-6-8-26(9-7-24)22(28)18-15-17(27(29)30)3-5-20(18)25-10-12-31-13-11-25/h2-5,14-15H,6-13H2,1H3. The van der Waals surface area contributed by atoms with Crippen molar-refractivity contribution >= 4 is 23.0 Å². The molecule has 4 rings (SSSR count). The smallest absolute Gasteiger partial charge is 0.270 e. The maximum Gasteiger partial charge on any atom is 0.270 e. The van der Waals surface area contributed by atoms with Crippen molar-refractivity contribution in [2.45, 2.75) is 6.92 Å². The number of nitro benzene ring substituents is 1. The number of halogens is 1. The van der Waals surface area contributed by atoms with Gasteiger partial charge in [-0.1, -0.05) is 6.07 Å². The summed E-state index contributed by atoms with van der Waals surface area (Å²) in [7, 11) is 0. The molecule has 0 spiro atoms. The molecule has 0 unspecified atom stereocenters. The molecule has 0 bridgehead atoms. The van der Waals surface area contributed by atoms with Gasteiger partial charge in [0.15, 0.2) is 0 Å². The highest BCUT2D eigenvalue weighted by Gasteiger charge is 2.28. The number of carbonyl (C=O) groups is 1. The third kappa shape index (κ3) is 4.46. The summed E-state index contributed by atoms with van der Waals surface area (Å²) in [6.07, 6.45) is 0. The number of non-ortho nitro benzene ring substituents is 1. The number of hydrogen-bond acceptors (Lipinski definition) is 6. The minimum atomic E-state index is -0.488. The van der Waals surface area contributed by atoms with Gasteiger partial charge in [0, 0.05) is 51.4 Å². The van der Waals surface area contributed by atoms with Crippen LogP contribution in [0.2, 0.25) is 0 Å². The summed E-state index contributed by atoms with van der Waals surface area (Å²) < 4.78 is 19.7. The molecule has 0 aliphatic carbocycles. The number of benzene rings is 2. The van der Waals surface area contributed by atoms with E-state index in [0.717, 1.165) is 5.56 Å². The highest BCUT2D eigenvalue weighted by molar-refractivity contribution is 6.00. The number of aryl methyl sites for hydroxylation is 1. The minimum absolute atomic E-state index is 0.110. The summed E-state index contributed by atoms with van der Waals surface area (Å²) in [5, 5.41) is 11.3. The molecule has 1 amide bonds. The van der Waals surface area contributed by atoms with Crippen LogP contribution in [0.5, 0.6) is 0 Å². The Morgan fingerprint density at radius 1 is 0.968 bits per heavy atom. The molecule has 2 aromatic carbocycles. The van der Waals surface area contributed by atoms with Crippen LogP contribution in [0.1, 0.15) is 15.9 Å². The quantitative estimate of drug-likeness (QED) is 0.551. The minimum Gasteiger partial charge on any atom is -0.378 e. The van der Waals surface area contributed by atoms with E-state index in [4.69, 9.17) is 4.74 Å². The Kier molecular flexibility index (Phi) is 6.03. The fraction of sp³-hybridized carbons (Fsp3) is 0.409. The lowest BCUT2D eigenvalue weighted by Gasteiger charge is -2.37. The number of anilines is 2. The molecule has 31 heavy (non-hydrogen) atoms. The third-order valence-corrected chi connectivity index (χ3v) is 5.78. The van der Waals surface area contributed by atoms with Crippen molar-refractivity contribution < 1.29 is 18.8 Å². The van der Waals surface area contributed by atoms with Crippen LogP contribution >= 0.6 is 0 Å². The van der Waals surface area contributed by atoms with Gasteiger partial charge in [0.1, 0.15) is 5.82 Å². The van der Waals surface area contributed by atoms with E-state index >= 15 is 0 Å². The van der Waals surface area contributed by atoms with E-state index in [1.54, 1.807) is 17.0 Å². The summed E-state index contributed by atoms with van der Waals surface area (Å²) >= 11 is 0. The number of nitro groups is 1. The van der Waals surface area contributed by atoms with E-state index in [1.165, 1.54) is 18.2 Å². The second-order valence-electron chi connectivity index (χ2n) is 7.79. The Bertz CT molecular complexity index is 985. The number of hydrogen-bond donors (Lipinski definition) is 0. The largest absolute Gasteiger partial charge is 0.378 e. The van der Waals surface area contributed by atoms with E-state index in [9.17, 15) is 19.3 Å². The van der Waals surface area contributed by atoms with E-state index in [2.05, 4.69) is 0 Å². The first-order valence-corrected chi connectivity index (χ1v) is 10.4. The predicted molar refractivity (Wildman–Crippen MR) is 115 cm³/mol. The van der Waals surface area contributed by atoms with Crippen molar-refractivity contribution in [3.63, 3.8) is 0 Å². The van der Waals surface area contributed by atoms with Gasteiger partial charge in [-0.05, 0) is 30.7 Å². The molecule has 2 fully saturated rings. The second kappa shape index (κ2) is 8.89. The second-order valence-corrected chi connectivity index (χ2v) is 7.79.